The summed E-state index contributed by atoms with van der Waals surface area (Å²) in [5.41, 5.74) is 3.41. The molecule has 25 heavy (non-hydrogen) atoms. The fourth-order valence-corrected chi connectivity index (χ4v) is 3.26. The lowest BCUT2D eigenvalue weighted by molar-refractivity contribution is 0.0685. The molecule has 0 spiro atoms. The second kappa shape index (κ2) is 6.03. The molecule has 7 heteroatoms. The molecule has 3 aromatic heterocycles. The van der Waals surface area contributed by atoms with E-state index in [0.29, 0.717) is 12.1 Å². The molecule has 0 aliphatic heterocycles. The number of carboxylic acids is 1. The molecule has 0 saturated heterocycles. The molecule has 0 atom stereocenters. The number of nitrogens with one attached hydrogen (secondary N) is 1. The van der Waals surface area contributed by atoms with Crippen molar-refractivity contribution in [3.63, 3.8) is 0 Å². The van der Waals surface area contributed by atoms with Crippen LogP contribution in [0, 0.1) is 0 Å². The number of rotatable bonds is 5. The van der Waals surface area contributed by atoms with Crippen LogP contribution in [0.2, 0.25) is 0 Å². The van der Waals surface area contributed by atoms with Gasteiger partial charge in [-0.15, -0.1) is 0 Å². The van der Waals surface area contributed by atoms with Gasteiger partial charge in [-0.25, -0.2) is 14.8 Å². The highest BCUT2D eigenvalue weighted by atomic mass is 16.5. The molecule has 0 fully saturated rings. The van der Waals surface area contributed by atoms with Crippen LogP contribution in [0.5, 0.6) is 0 Å². The first-order valence-electron chi connectivity index (χ1n) is 7.78. The van der Waals surface area contributed by atoms with Gasteiger partial charge in [0.1, 0.15) is 0 Å². The first-order chi connectivity index (χ1) is 12.2. The first kappa shape index (κ1) is 15.3. The van der Waals surface area contributed by atoms with Crippen molar-refractivity contribution in [3.8, 4) is 0 Å². The van der Waals surface area contributed by atoms with E-state index in [-0.39, 0.29) is 12.3 Å². The zero-order valence-electron chi connectivity index (χ0n) is 13.6. The van der Waals surface area contributed by atoms with Crippen LogP contribution in [0.25, 0.3) is 21.8 Å². The van der Waals surface area contributed by atoms with Crippen molar-refractivity contribution in [2.45, 2.75) is 13.2 Å². The van der Waals surface area contributed by atoms with E-state index < -0.39 is 5.97 Å². The third-order valence-corrected chi connectivity index (χ3v) is 4.25. The minimum Gasteiger partial charge on any atom is -0.477 e. The molecule has 4 rings (SSSR count). The van der Waals surface area contributed by atoms with Gasteiger partial charge in [0, 0.05) is 47.9 Å². The SMILES string of the molecule is COCc1c(C(=O)O)ncc2[nH]c3cccc(Cn4ccnc4)c3c12. The van der Waals surface area contributed by atoms with E-state index >= 15 is 0 Å². The highest BCUT2D eigenvalue weighted by Crippen LogP contribution is 2.32. The highest BCUT2D eigenvalue weighted by molar-refractivity contribution is 6.12. The molecule has 0 unspecified atom stereocenters. The Balaban J connectivity index is 2.04. The normalized spacial score (nSPS) is 11.4. The van der Waals surface area contributed by atoms with E-state index in [9.17, 15) is 9.90 Å². The summed E-state index contributed by atoms with van der Waals surface area (Å²) >= 11 is 0. The smallest absolute Gasteiger partial charge is 0.354 e. The second-order valence-corrected chi connectivity index (χ2v) is 5.81. The molecule has 2 N–H and O–H groups in total. The number of pyridine rings is 1. The predicted molar refractivity (Wildman–Crippen MR) is 92.6 cm³/mol. The van der Waals surface area contributed by atoms with E-state index in [2.05, 4.69) is 15.0 Å². The minimum atomic E-state index is -1.06. The maximum atomic E-state index is 11.6. The molecule has 4 aromatic rings. The number of nitrogens with zero attached hydrogens (tertiary/aromatic N) is 3. The quantitative estimate of drug-likeness (QED) is 0.584. The minimum absolute atomic E-state index is 0.0210. The maximum absolute atomic E-state index is 11.6. The molecular weight excluding hydrogens is 320 g/mol. The Morgan fingerprint density at radius 3 is 2.92 bits per heavy atom. The summed E-state index contributed by atoms with van der Waals surface area (Å²) < 4.78 is 7.23. The Kier molecular flexibility index (Phi) is 3.70. The van der Waals surface area contributed by atoms with Gasteiger partial charge >= 0.3 is 5.97 Å². The number of aromatic amines is 1. The summed E-state index contributed by atoms with van der Waals surface area (Å²) in [7, 11) is 1.55. The van der Waals surface area contributed by atoms with Gasteiger partial charge in [0.25, 0.3) is 0 Å². The summed E-state index contributed by atoms with van der Waals surface area (Å²) in [4.78, 5) is 23.1. The van der Waals surface area contributed by atoms with Crippen molar-refractivity contribution in [2.24, 2.45) is 0 Å². The average Bonchev–Trinajstić information content (AvgIpc) is 3.22. The van der Waals surface area contributed by atoms with E-state index in [0.717, 1.165) is 27.4 Å². The number of hydrogen-bond acceptors (Lipinski definition) is 4. The molecule has 0 bridgehead atoms. The molecular formula is C18H16N4O3. The van der Waals surface area contributed by atoms with Gasteiger partial charge < -0.3 is 19.4 Å². The third kappa shape index (κ3) is 2.54. The third-order valence-electron chi connectivity index (χ3n) is 4.25. The Morgan fingerprint density at radius 1 is 1.32 bits per heavy atom. The summed E-state index contributed by atoms with van der Waals surface area (Å²) in [6, 6.07) is 5.99. The molecule has 0 saturated carbocycles. The maximum Gasteiger partial charge on any atom is 0.354 e. The fourth-order valence-electron chi connectivity index (χ4n) is 3.26. The number of aromatic carboxylic acids is 1. The number of carboxylic acid groups (broad SMARTS) is 1. The zero-order chi connectivity index (χ0) is 17.4. The summed E-state index contributed by atoms with van der Waals surface area (Å²) in [5.74, 6) is -1.06. The zero-order valence-corrected chi connectivity index (χ0v) is 13.6. The lowest BCUT2D eigenvalue weighted by atomic mass is 10.0. The van der Waals surface area contributed by atoms with Gasteiger partial charge in [-0.05, 0) is 11.6 Å². The van der Waals surface area contributed by atoms with Gasteiger partial charge in [-0.1, -0.05) is 12.1 Å². The fraction of sp³-hybridized carbons (Fsp3) is 0.167. The number of methoxy groups -OCH3 is 1. The molecule has 0 aliphatic rings. The molecule has 0 amide bonds. The summed E-state index contributed by atoms with van der Waals surface area (Å²) in [6.07, 6.45) is 6.96. The Morgan fingerprint density at radius 2 is 2.20 bits per heavy atom. The van der Waals surface area contributed by atoms with E-state index in [1.54, 1.807) is 25.8 Å². The topological polar surface area (TPSA) is 93.0 Å². The predicted octanol–water partition coefficient (Wildman–Crippen LogP) is 2.81. The lowest BCUT2D eigenvalue weighted by Crippen LogP contribution is -2.07. The first-order valence-corrected chi connectivity index (χ1v) is 7.78. The van der Waals surface area contributed by atoms with Crippen LogP contribution < -0.4 is 0 Å². The molecule has 0 radical (unpaired) electrons. The Labute approximate surface area is 142 Å². The number of hydrogen-bond donors (Lipinski definition) is 2. The van der Waals surface area contributed by atoms with Gasteiger partial charge in [0.05, 0.1) is 24.6 Å². The average molecular weight is 336 g/mol. The van der Waals surface area contributed by atoms with Gasteiger partial charge in [0.15, 0.2) is 5.69 Å². The number of carbonyl (C=O) groups is 1. The van der Waals surface area contributed by atoms with Crippen LogP contribution in [0.3, 0.4) is 0 Å². The van der Waals surface area contributed by atoms with E-state index in [1.165, 1.54) is 0 Å². The van der Waals surface area contributed by atoms with Gasteiger partial charge in [0.2, 0.25) is 0 Å². The standard InChI is InChI=1S/C18H16N4O3/c1-25-9-12-16-14(7-20-17(12)18(23)24)21-13-4-2-3-11(15(13)16)8-22-6-5-19-10-22/h2-7,10,21H,8-9H2,1H3,(H,23,24). The van der Waals surface area contributed by atoms with Gasteiger partial charge in [-0.2, -0.15) is 0 Å². The largest absolute Gasteiger partial charge is 0.477 e. The molecule has 1 aromatic carbocycles. The van der Waals surface area contributed by atoms with Crippen molar-refractivity contribution in [2.75, 3.05) is 7.11 Å². The summed E-state index contributed by atoms with van der Waals surface area (Å²) in [5, 5.41) is 11.3. The van der Waals surface area contributed by atoms with Crippen LogP contribution >= 0.6 is 0 Å². The molecule has 3 heterocycles. The monoisotopic (exact) mass is 336 g/mol. The second-order valence-electron chi connectivity index (χ2n) is 5.81. The van der Waals surface area contributed by atoms with Crippen molar-refractivity contribution in [3.05, 3.63) is 59.9 Å². The van der Waals surface area contributed by atoms with Crippen molar-refractivity contribution in [1.82, 2.24) is 19.5 Å². The van der Waals surface area contributed by atoms with Crippen LogP contribution in [-0.2, 0) is 17.9 Å². The number of fused-ring (bicyclic) bond motifs is 3. The Hall–Kier alpha value is -3.19. The van der Waals surface area contributed by atoms with Crippen LogP contribution in [-0.4, -0.2) is 37.7 Å². The van der Waals surface area contributed by atoms with Crippen LogP contribution in [0.1, 0.15) is 21.6 Å². The summed E-state index contributed by atoms with van der Waals surface area (Å²) in [6.45, 7) is 0.819. The molecule has 7 nitrogen and oxygen atoms in total. The number of aromatic nitrogens is 4. The van der Waals surface area contributed by atoms with Crippen molar-refractivity contribution < 1.29 is 14.6 Å². The number of imidazole rings is 1. The van der Waals surface area contributed by atoms with E-state index in [4.69, 9.17) is 4.74 Å². The van der Waals surface area contributed by atoms with Gasteiger partial charge in [-0.3, -0.25) is 0 Å². The lowest BCUT2D eigenvalue weighted by Gasteiger charge is -2.09. The number of H-pyrrole nitrogens is 1. The molecule has 0 aliphatic carbocycles. The van der Waals surface area contributed by atoms with Crippen molar-refractivity contribution >= 4 is 27.8 Å². The molecule has 126 valence electrons. The van der Waals surface area contributed by atoms with Crippen LogP contribution in [0.15, 0.2) is 43.1 Å². The van der Waals surface area contributed by atoms with Crippen molar-refractivity contribution in [1.29, 1.82) is 0 Å². The highest BCUT2D eigenvalue weighted by Gasteiger charge is 2.20. The number of ether oxygens (including phenoxy) is 1. The van der Waals surface area contributed by atoms with E-state index in [1.807, 2.05) is 29.0 Å². The Bertz CT molecular complexity index is 1070. The van der Waals surface area contributed by atoms with Crippen LogP contribution in [0.4, 0.5) is 0 Å². The number of benzene rings is 1.